The molecule has 1 fully saturated rings. The molecule has 146 valence electrons. The molecule has 0 spiro atoms. The van der Waals surface area contributed by atoms with Gasteiger partial charge in [-0.05, 0) is 49.2 Å². The van der Waals surface area contributed by atoms with Gasteiger partial charge in [-0.15, -0.1) is 0 Å². The summed E-state index contributed by atoms with van der Waals surface area (Å²) in [5, 5.41) is 15.8. The minimum Gasteiger partial charge on any atom is -0.382 e. The van der Waals surface area contributed by atoms with Crippen molar-refractivity contribution in [3.8, 4) is 11.8 Å². The average Bonchev–Trinajstić information content (AvgIpc) is 3.39. The van der Waals surface area contributed by atoms with Gasteiger partial charge in [0, 0.05) is 18.7 Å². The molecular weight excluding hydrogens is 371 g/mol. The highest BCUT2D eigenvalue weighted by molar-refractivity contribution is 6.06. The van der Waals surface area contributed by atoms with Gasteiger partial charge in [0.2, 0.25) is 0 Å². The van der Waals surface area contributed by atoms with Crippen molar-refractivity contribution >= 4 is 23.1 Å². The van der Waals surface area contributed by atoms with Crippen LogP contribution in [0.5, 0.6) is 0 Å². The normalized spacial score (nSPS) is 13.3. The zero-order chi connectivity index (χ0) is 20.4. The number of nitrogen functional groups attached to an aromatic ring is 1. The molecule has 0 aliphatic carbocycles. The smallest absolute Gasteiger partial charge is 0.255 e. The molecule has 8 heteroatoms. The van der Waals surface area contributed by atoms with Crippen molar-refractivity contribution in [3.63, 3.8) is 0 Å². The van der Waals surface area contributed by atoms with E-state index in [0.29, 0.717) is 16.9 Å². The summed E-state index contributed by atoms with van der Waals surface area (Å²) in [6, 6.07) is 13.3. The Hall–Kier alpha value is -3.86. The molecule has 2 heterocycles. The van der Waals surface area contributed by atoms with Crippen LogP contribution in [0.25, 0.3) is 5.69 Å². The van der Waals surface area contributed by atoms with Crippen LogP contribution in [0.4, 0.5) is 21.6 Å². The van der Waals surface area contributed by atoms with Gasteiger partial charge < -0.3 is 16.0 Å². The number of hydrogen-bond acceptors (Lipinski definition) is 5. The van der Waals surface area contributed by atoms with Crippen LogP contribution in [0.15, 0.2) is 48.7 Å². The summed E-state index contributed by atoms with van der Waals surface area (Å²) in [6.45, 7) is 1.69. The standard InChI is InChI=1S/C21H19FN6O/c22-17-4-3-5-18(27-10-1-2-11-27)19(17)26-21(29)14-6-8-16(9-7-14)28-20(24)15(12-23)13-25-28/h3-9,13H,1-2,10-11,24H2,(H,26,29). The maximum absolute atomic E-state index is 14.5. The number of hydrogen-bond donors (Lipinski definition) is 2. The zero-order valence-electron chi connectivity index (χ0n) is 15.6. The van der Waals surface area contributed by atoms with Crippen LogP contribution in [0.2, 0.25) is 0 Å². The van der Waals surface area contributed by atoms with E-state index < -0.39 is 11.7 Å². The van der Waals surface area contributed by atoms with Gasteiger partial charge in [0.25, 0.3) is 5.91 Å². The van der Waals surface area contributed by atoms with Gasteiger partial charge in [0.1, 0.15) is 29.0 Å². The van der Waals surface area contributed by atoms with Crippen molar-refractivity contribution in [2.24, 2.45) is 0 Å². The number of carbonyl (C=O) groups excluding carboxylic acids is 1. The Labute approximate surface area is 167 Å². The molecule has 0 unspecified atom stereocenters. The number of benzene rings is 2. The van der Waals surface area contributed by atoms with Gasteiger partial charge in [-0.3, -0.25) is 4.79 Å². The molecule has 29 heavy (non-hydrogen) atoms. The summed E-state index contributed by atoms with van der Waals surface area (Å²) >= 11 is 0. The highest BCUT2D eigenvalue weighted by Crippen LogP contribution is 2.31. The number of nitriles is 1. The van der Waals surface area contributed by atoms with Crippen molar-refractivity contribution in [1.82, 2.24) is 9.78 Å². The van der Waals surface area contributed by atoms with Crippen LogP contribution < -0.4 is 16.0 Å². The van der Waals surface area contributed by atoms with Gasteiger partial charge in [-0.1, -0.05) is 6.07 Å². The first-order valence-electron chi connectivity index (χ1n) is 9.27. The lowest BCUT2D eigenvalue weighted by molar-refractivity contribution is 0.102. The van der Waals surface area contributed by atoms with Gasteiger partial charge in [-0.25, -0.2) is 9.07 Å². The third kappa shape index (κ3) is 3.50. The fourth-order valence-electron chi connectivity index (χ4n) is 3.45. The van der Waals surface area contributed by atoms with Crippen LogP contribution >= 0.6 is 0 Å². The molecule has 0 saturated carbocycles. The van der Waals surface area contributed by atoms with Gasteiger partial charge >= 0.3 is 0 Å². The van der Waals surface area contributed by atoms with Crippen molar-refractivity contribution < 1.29 is 9.18 Å². The Morgan fingerprint density at radius 3 is 2.55 bits per heavy atom. The number of carbonyl (C=O) groups is 1. The largest absolute Gasteiger partial charge is 0.382 e. The SMILES string of the molecule is N#Cc1cnn(-c2ccc(C(=O)Nc3c(F)cccc3N3CCCC3)cc2)c1N. The summed E-state index contributed by atoms with van der Waals surface area (Å²) in [4.78, 5) is 14.8. The highest BCUT2D eigenvalue weighted by Gasteiger charge is 2.20. The van der Waals surface area contributed by atoms with Crippen LogP contribution in [-0.2, 0) is 0 Å². The summed E-state index contributed by atoms with van der Waals surface area (Å²) in [5.74, 6) is -0.646. The average molecular weight is 390 g/mol. The maximum atomic E-state index is 14.5. The number of nitrogens with zero attached hydrogens (tertiary/aromatic N) is 4. The molecule has 1 saturated heterocycles. The number of para-hydroxylation sites is 1. The Kier molecular flexibility index (Phi) is 4.87. The molecule has 1 aliphatic heterocycles. The number of rotatable bonds is 4. The Balaban J connectivity index is 1.57. The second-order valence-electron chi connectivity index (χ2n) is 6.80. The van der Waals surface area contributed by atoms with E-state index in [-0.39, 0.29) is 17.1 Å². The van der Waals surface area contributed by atoms with E-state index >= 15 is 0 Å². The molecule has 0 bridgehead atoms. The fourth-order valence-corrected chi connectivity index (χ4v) is 3.45. The molecule has 0 radical (unpaired) electrons. The predicted molar refractivity (Wildman–Crippen MR) is 108 cm³/mol. The van der Waals surface area contributed by atoms with Crippen LogP contribution in [0.1, 0.15) is 28.8 Å². The van der Waals surface area contributed by atoms with E-state index in [2.05, 4.69) is 15.3 Å². The minimum absolute atomic E-state index is 0.193. The van der Waals surface area contributed by atoms with E-state index in [1.54, 1.807) is 30.3 Å². The third-order valence-corrected chi connectivity index (χ3v) is 4.98. The second kappa shape index (κ2) is 7.64. The second-order valence-corrected chi connectivity index (χ2v) is 6.80. The maximum Gasteiger partial charge on any atom is 0.255 e. The monoisotopic (exact) mass is 390 g/mol. The Bertz CT molecular complexity index is 1090. The predicted octanol–water partition coefficient (Wildman–Crippen LogP) is 3.32. The molecule has 1 aromatic heterocycles. The summed E-state index contributed by atoms with van der Waals surface area (Å²) in [6.07, 6.45) is 3.49. The first-order valence-corrected chi connectivity index (χ1v) is 9.27. The molecule has 0 atom stereocenters. The molecule has 3 aromatic rings. The van der Waals surface area contributed by atoms with Gasteiger partial charge in [0.05, 0.1) is 17.6 Å². The molecule has 4 rings (SSSR count). The van der Waals surface area contributed by atoms with Gasteiger partial charge in [-0.2, -0.15) is 10.4 Å². The van der Waals surface area contributed by atoms with E-state index in [1.165, 1.54) is 16.9 Å². The number of nitrogens with two attached hydrogens (primary N) is 1. The summed E-state index contributed by atoms with van der Waals surface area (Å²) in [5.41, 5.74) is 8.04. The first-order chi connectivity index (χ1) is 14.1. The topological polar surface area (TPSA) is 100.0 Å². The number of aromatic nitrogens is 2. The highest BCUT2D eigenvalue weighted by atomic mass is 19.1. The molecule has 1 aliphatic rings. The lowest BCUT2D eigenvalue weighted by Gasteiger charge is -2.22. The minimum atomic E-state index is -0.465. The molecule has 2 aromatic carbocycles. The van der Waals surface area contributed by atoms with Crippen LogP contribution in [0, 0.1) is 17.1 Å². The Morgan fingerprint density at radius 2 is 1.90 bits per heavy atom. The molecule has 3 N–H and O–H groups in total. The van der Waals surface area contributed by atoms with E-state index in [9.17, 15) is 9.18 Å². The van der Waals surface area contributed by atoms with Gasteiger partial charge in [0.15, 0.2) is 0 Å². The van der Waals surface area contributed by atoms with E-state index in [1.807, 2.05) is 12.1 Å². The number of nitrogens with one attached hydrogen (secondary N) is 1. The van der Waals surface area contributed by atoms with Crippen molar-refractivity contribution in [2.75, 3.05) is 29.0 Å². The summed E-state index contributed by atoms with van der Waals surface area (Å²) < 4.78 is 15.9. The quantitative estimate of drug-likeness (QED) is 0.712. The van der Waals surface area contributed by atoms with E-state index in [4.69, 9.17) is 11.0 Å². The first kappa shape index (κ1) is 18.5. The zero-order valence-corrected chi connectivity index (χ0v) is 15.6. The van der Waals surface area contributed by atoms with Crippen LogP contribution in [0.3, 0.4) is 0 Å². The number of anilines is 3. The summed E-state index contributed by atoms with van der Waals surface area (Å²) in [7, 11) is 0. The molecular formula is C21H19FN6O. The Morgan fingerprint density at radius 1 is 1.17 bits per heavy atom. The van der Waals surface area contributed by atoms with Crippen LogP contribution in [-0.4, -0.2) is 28.8 Å². The number of halogens is 1. The van der Waals surface area contributed by atoms with E-state index in [0.717, 1.165) is 25.9 Å². The fraction of sp³-hybridized carbons (Fsp3) is 0.190. The molecule has 1 amide bonds. The van der Waals surface area contributed by atoms with Crippen molar-refractivity contribution in [3.05, 3.63) is 65.6 Å². The molecule has 7 nitrogen and oxygen atoms in total. The lowest BCUT2D eigenvalue weighted by Crippen LogP contribution is -2.22. The lowest BCUT2D eigenvalue weighted by atomic mass is 10.1. The van der Waals surface area contributed by atoms with Crippen molar-refractivity contribution in [2.45, 2.75) is 12.8 Å². The van der Waals surface area contributed by atoms with Crippen molar-refractivity contribution in [1.29, 1.82) is 5.26 Å². The third-order valence-electron chi connectivity index (χ3n) is 4.98. The number of amides is 1.